The van der Waals surface area contributed by atoms with Gasteiger partial charge < -0.3 is 0 Å². The van der Waals surface area contributed by atoms with Crippen molar-refractivity contribution in [1.29, 1.82) is 0 Å². The number of nitrogens with zero attached hydrogens (tertiary/aromatic N) is 3. The average Bonchev–Trinajstić information content (AvgIpc) is 2.96. The molecule has 0 bridgehead atoms. The molecule has 9 nitrogen and oxygen atoms in total. The van der Waals surface area contributed by atoms with E-state index in [0.717, 1.165) is 20.6 Å². The number of hydrogen-bond donors (Lipinski definition) is 1. The molecule has 0 radical (unpaired) electrons. The maximum atomic E-state index is 13.5. The smallest absolute Gasteiger partial charge is 0.259 e. The summed E-state index contributed by atoms with van der Waals surface area (Å²) >= 11 is 0. The van der Waals surface area contributed by atoms with Gasteiger partial charge >= 0.3 is 0 Å². The summed E-state index contributed by atoms with van der Waals surface area (Å²) in [5.41, 5.74) is 4.26. The van der Waals surface area contributed by atoms with Gasteiger partial charge in [0.15, 0.2) is 0 Å². The lowest BCUT2D eigenvalue weighted by atomic mass is 10.1. The highest BCUT2D eigenvalue weighted by Gasteiger charge is 2.43. The van der Waals surface area contributed by atoms with Crippen molar-refractivity contribution >= 4 is 31.7 Å². The standard InChI is InChI=1S/C27H30N4O5S2/c1-22(17-18-23-11-5-2-6-12-23)28-29-27(32)26-21-30(37(33,34)24-13-7-3-8-14-24)19-20-31(26)38(35,36)25-15-9-4-10-16-25/h2-16,26H,17-21H2,1H3,(H,29,32)/b28-22-/t26-/m0/s1. The molecule has 11 heteroatoms. The number of amides is 1. The molecule has 0 unspecified atom stereocenters. The third-order valence-electron chi connectivity index (χ3n) is 6.30. The summed E-state index contributed by atoms with van der Waals surface area (Å²) in [6, 6.07) is 24.2. The maximum absolute atomic E-state index is 13.5. The molecule has 0 spiro atoms. The van der Waals surface area contributed by atoms with Gasteiger partial charge in [-0.1, -0.05) is 66.7 Å². The minimum absolute atomic E-state index is 0.0275. The number of benzene rings is 3. The zero-order valence-corrected chi connectivity index (χ0v) is 22.6. The molecule has 1 fully saturated rings. The van der Waals surface area contributed by atoms with E-state index in [-0.39, 0.29) is 29.4 Å². The molecule has 1 saturated heterocycles. The van der Waals surface area contributed by atoms with Gasteiger partial charge in [0.05, 0.1) is 9.79 Å². The van der Waals surface area contributed by atoms with Gasteiger partial charge in [0, 0.05) is 25.3 Å². The Kier molecular flexibility index (Phi) is 8.72. The zero-order chi connectivity index (χ0) is 27.2. The molecule has 4 rings (SSSR count). The van der Waals surface area contributed by atoms with Gasteiger partial charge in [-0.25, -0.2) is 22.3 Å². The lowest BCUT2D eigenvalue weighted by Crippen LogP contribution is -2.60. The van der Waals surface area contributed by atoms with E-state index in [1.165, 1.54) is 24.3 Å². The van der Waals surface area contributed by atoms with Crippen LogP contribution in [0, 0.1) is 0 Å². The lowest BCUT2D eigenvalue weighted by molar-refractivity contribution is -0.125. The summed E-state index contributed by atoms with van der Waals surface area (Å²) in [4.78, 5) is 13.4. The molecular weight excluding hydrogens is 524 g/mol. The summed E-state index contributed by atoms with van der Waals surface area (Å²) in [6.45, 7) is 1.16. The van der Waals surface area contributed by atoms with Crippen molar-refractivity contribution < 1.29 is 21.6 Å². The van der Waals surface area contributed by atoms with E-state index in [9.17, 15) is 21.6 Å². The van der Waals surface area contributed by atoms with Crippen molar-refractivity contribution in [2.24, 2.45) is 5.10 Å². The van der Waals surface area contributed by atoms with Crippen molar-refractivity contribution in [3.8, 4) is 0 Å². The Bertz CT molecular complexity index is 1480. The molecular formula is C27H30N4O5S2. The number of hydrogen-bond acceptors (Lipinski definition) is 6. The highest BCUT2D eigenvalue weighted by atomic mass is 32.2. The first-order valence-corrected chi connectivity index (χ1v) is 15.1. The Morgan fingerprint density at radius 2 is 1.34 bits per heavy atom. The van der Waals surface area contributed by atoms with Crippen LogP contribution in [0.15, 0.2) is 106 Å². The summed E-state index contributed by atoms with van der Waals surface area (Å²) in [5.74, 6) is -0.698. The molecule has 3 aromatic rings. The molecule has 1 atom stereocenters. The van der Waals surface area contributed by atoms with Crippen LogP contribution in [0.2, 0.25) is 0 Å². The lowest BCUT2D eigenvalue weighted by Gasteiger charge is -2.38. The predicted octanol–water partition coefficient (Wildman–Crippen LogP) is 2.88. The molecule has 0 saturated carbocycles. The van der Waals surface area contributed by atoms with E-state index < -0.39 is 32.0 Å². The molecule has 1 N–H and O–H groups in total. The number of carbonyl (C=O) groups is 1. The summed E-state index contributed by atoms with van der Waals surface area (Å²) in [5, 5.41) is 4.18. The fourth-order valence-corrected chi connectivity index (χ4v) is 7.23. The summed E-state index contributed by atoms with van der Waals surface area (Å²) in [6.07, 6.45) is 1.32. The zero-order valence-electron chi connectivity index (χ0n) is 21.0. The van der Waals surface area contributed by atoms with Crippen LogP contribution >= 0.6 is 0 Å². The summed E-state index contributed by atoms with van der Waals surface area (Å²) < 4.78 is 55.7. The normalized spacial score (nSPS) is 17.7. The second-order valence-electron chi connectivity index (χ2n) is 8.93. The van der Waals surface area contributed by atoms with Crippen LogP contribution in [-0.4, -0.2) is 62.7 Å². The van der Waals surface area contributed by atoms with Crippen LogP contribution in [0.5, 0.6) is 0 Å². The number of sulfonamides is 2. The second kappa shape index (κ2) is 12.0. The molecule has 0 aliphatic carbocycles. The minimum atomic E-state index is -4.07. The number of piperazine rings is 1. The monoisotopic (exact) mass is 554 g/mol. The molecule has 0 aromatic heterocycles. The van der Waals surface area contributed by atoms with Crippen molar-refractivity contribution in [2.75, 3.05) is 19.6 Å². The van der Waals surface area contributed by atoms with Gasteiger partial charge in [0.25, 0.3) is 5.91 Å². The molecule has 38 heavy (non-hydrogen) atoms. The first kappa shape index (κ1) is 27.6. The average molecular weight is 555 g/mol. The van der Waals surface area contributed by atoms with E-state index >= 15 is 0 Å². The Morgan fingerprint density at radius 1 is 0.816 bits per heavy atom. The topological polar surface area (TPSA) is 116 Å². The minimum Gasteiger partial charge on any atom is -0.271 e. The SMILES string of the molecule is C/C(CCc1ccccc1)=N/NC(=O)[C@@H]1CN(S(=O)(=O)c2ccccc2)CCN1S(=O)(=O)c1ccccc1. The molecule has 1 heterocycles. The van der Waals surface area contributed by atoms with E-state index in [4.69, 9.17) is 0 Å². The van der Waals surface area contributed by atoms with Crippen molar-refractivity contribution in [3.05, 3.63) is 96.6 Å². The Balaban J connectivity index is 1.56. The number of nitrogens with one attached hydrogen (secondary N) is 1. The van der Waals surface area contributed by atoms with Gasteiger partial charge in [-0.05, 0) is 49.6 Å². The fraction of sp³-hybridized carbons (Fsp3) is 0.259. The fourth-order valence-electron chi connectivity index (χ4n) is 4.18. The van der Waals surface area contributed by atoms with Gasteiger partial charge in [-0.3, -0.25) is 4.79 Å². The van der Waals surface area contributed by atoms with Gasteiger partial charge in [-0.2, -0.15) is 13.7 Å². The molecule has 1 aliphatic rings. The van der Waals surface area contributed by atoms with Crippen molar-refractivity contribution in [1.82, 2.24) is 14.0 Å². The molecule has 200 valence electrons. The highest BCUT2D eigenvalue weighted by molar-refractivity contribution is 7.89. The van der Waals surface area contributed by atoms with Crippen LogP contribution in [0.3, 0.4) is 0 Å². The maximum Gasteiger partial charge on any atom is 0.259 e. The van der Waals surface area contributed by atoms with Crippen molar-refractivity contribution in [2.45, 2.75) is 35.6 Å². The molecule has 3 aromatic carbocycles. The van der Waals surface area contributed by atoms with Crippen LogP contribution in [-0.2, 0) is 31.3 Å². The van der Waals surface area contributed by atoms with E-state index in [1.54, 1.807) is 43.3 Å². The molecule has 1 amide bonds. The third-order valence-corrected chi connectivity index (χ3v) is 10.1. The van der Waals surface area contributed by atoms with E-state index in [0.29, 0.717) is 12.1 Å². The quantitative estimate of drug-likeness (QED) is 0.323. The number of hydrazone groups is 1. The third kappa shape index (κ3) is 6.36. The number of aryl methyl sites for hydroxylation is 1. The highest BCUT2D eigenvalue weighted by Crippen LogP contribution is 2.25. The van der Waals surface area contributed by atoms with Crippen LogP contribution in [0.25, 0.3) is 0 Å². The van der Waals surface area contributed by atoms with Crippen molar-refractivity contribution in [3.63, 3.8) is 0 Å². The van der Waals surface area contributed by atoms with Gasteiger partial charge in [-0.15, -0.1) is 0 Å². The number of carbonyl (C=O) groups excluding carboxylic acids is 1. The largest absolute Gasteiger partial charge is 0.271 e. The summed E-state index contributed by atoms with van der Waals surface area (Å²) in [7, 11) is -8.01. The molecule has 1 aliphatic heterocycles. The predicted molar refractivity (Wildman–Crippen MR) is 145 cm³/mol. The Labute approximate surface area is 223 Å². The van der Waals surface area contributed by atoms with E-state index in [1.807, 2.05) is 30.3 Å². The number of rotatable bonds is 9. The van der Waals surface area contributed by atoms with Gasteiger partial charge in [0.1, 0.15) is 6.04 Å². The second-order valence-corrected chi connectivity index (χ2v) is 12.8. The Morgan fingerprint density at radius 3 is 1.92 bits per heavy atom. The Hall–Kier alpha value is -3.38. The first-order valence-electron chi connectivity index (χ1n) is 12.2. The van der Waals surface area contributed by atoms with E-state index in [2.05, 4.69) is 10.5 Å². The first-order chi connectivity index (χ1) is 18.2. The van der Waals surface area contributed by atoms with Gasteiger partial charge in [0.2, 0.25) is 20.0 Å². The van der Waals surface area contributed by atoms with Crippen LogP contribution in [0.4, 0.5) is 0 Å². The van der Waals surface area contributed by atoms with Crippen LogP contribution < -0.4 is 5.43 Å². The van der Waals surface area contributed by atoms with Crippen LogP contribution in [0.1, 0.15) is 18.9 Å².